The summed E-state index contributed by atoms with van der Waals surface area (Å²) in [6, 6.07) is 1.85. The summed E-state index contributed by atoms with van der Waals surface area (Å²) in [4.78, 5) is 3.97. The van der Waals surface area contributed by atoms with Gasteiger partial charge in [0.15, 0.2) is 5.79 Å². The first-order chi connectivity index (χ1) is 9.22. The van der Waals surface area contributed by atoms with Gasteiger partial charge in [-0.2, -0.15) is 0 Å². The second-order valence-corrected chi connectivity index (χ2v) is 4.85. The Balaban J connectivity index is 2.02. The highest BCUT2D eigenvalue weighted by atomic mass is 35.5. The second-order valence-electron chi connectivity index (χ2n) is 4.45. The number of hydrogen-bond acceptors (Lipinski definition) is 5. The Bertz CT molecular complexity index is 413. The van der Waals surface area contributed by atoms with Crippen LogP contribution in [0.15, 0.2) is 18.5 Å². The lowest BCUT2D eigenvalue weighted by molar-refractivity contribution is -0.259. The zero-order valence-corrected chi connectivity index (χ0v) is 11.9. The largest absolute Gasteiger partial charge is 0.379 e. The van der Waals surface area contributed by atoms with E-state index < -0.39 is 5.79 Å². The fourth-order valence-corrected chi connectivity index (χ4v) is 2.47. The lowest BCUT2D eigenvalue weighted by Crippen LogP contribution is -2.58. The molecule has 0 aromatic carbocycles. The molecule has 2 rings (SSSR count). The molecule has 0 amide bonds. The highest BCUT2D eigenvalue weighted by Gasteiger charge is 2.41. The van der Waals surface area contributed by atoms with Gasteiger partial charge in [0.25, 0.3) is 0 Å². The average Bonchev–Trinajstić information content (AvgIpc) is 2.47. The van der Waals surface area contributed by atoms with Crippen molar-refractivity contribution in [2.45, 2.75) is 24.8 Å². The van der Waals surface area contributed by atoms with Gasteiger partial charge in [-0.1, -0.05) is 11.6 Å². The summed E-state index contributed by atoms with van der Waals surface area (Å²) >= 11 is 6.08. The molecule has 0 saturated carbocycles. The first kappa shape index (κ1) is 14.7. The predicted molar refractivity (Wildman–Crippen MR) is 72.1 cm³/mol. The molecule has 1 fully saturated rings. The quantitative estimate of drug-likeness (QED) is 0.834. The molecule has 19 heavy (non-hydrogen) atoms. The van der Waals surface area contributed by atoms with E-state index in [2.05, 4.69) is 10.3 Å². The number of methoxy groups -OCH3 is 2. The Hall–Kier alpha value is -0.720. The lowest BCUT2D eigenvalue weighted by atomic mass is 10.0. The van der Waals surface area contributed by atoms with E-state index in [0.29, 0.717) is 31.2 Å². The monoisotopic (exact) mass is 286 g/mol. The summed E-state index contributed by atoms with van der Waals surface area (Å²) in [6.45, 7) is 1.80. The smallest absolute Gasteiger partial charge is 0.187 e. The molecule has 0 spiro atoms. The fourth-order valence-electron chi connectivity index (χ4n) is 2.28. The molecule has 0 aliphatic carbocycles. The van der Waals surface area contributed by atoms with Gasteiger partial charge in [0.1, 0.15) is 0 Å². The molecule has 1 atom stereocenters. The van der Waals surface area contributed by atoms with E-state index in [-0.39, 0.29) is 6.04 Å². The maximum absolute atomic E-state index is 6.08. The van der Waals surface area contributed by atoms with Gasteiger partial charge in [0, 0.05) is 39.6 Å². The van der Waals surface area contributed by atoms with Crippen molar-refractivity contribution in [2.75, 3.05) is 27.4 Å². The summed E-state index contributed by atoms with van der Waals surface area (Å²) in [6.07, 6.45) is 4.05. The van der Waals surface area contributed by atoms with Crippen molar-refractivity contribution in [3.05, 3.63) is 29.0 Å². The van der Waals surface area contributed by atoms with Crippen LogP contribution in [0.25, 0.3) is 0 Å². The topological polar surface area (TPSA) is 52.6 Å². The van der Waals surface area contributed by atoms with E-state index in [1.807, 2.05) is 6.07 Å². The van der Waals surface area contributed by atoms with Gasteiger partial charge >= 0.3 is 0 Å². The van der Waals surface area contributed by atoms with Crippen molar-refractivity contribution in [3.63, 3.8) is 0 Å². The Labute approximate surface area is 118 Å². The van der Waals surface area contributed by atoms with Crippen LogP contribution in [-0.4, -0.2) is 44.2 Å². The first-order valence-electron chi connectivity index (χ1n) is 6.21. The van der Waals surface area contributed by atoms with Gasteiger partial charge in [-0.25, -0.2) is 0 Å². The van der Waals surface area contributed by atoms with Crippen LogP contribution in [0.1, 0.15) is 12.0 Å². The molecule has 1 unspecified atom stereocenters. The van der Waals surface area contributed by atoms with Crippen molar-refractivity contribution < 1.29 is 14.2 Å². The van der Waals surface area contributed by atoms with Gasteiger partial charge in [0.05, 0.1) is 24.3 Å². The standard InChI is InChI=1S/C13H19ClN2O3/c1-17-13(18-2)4-6-19-9-12(13)16-7-10-3-5-15-8-11(10)14/h3,5,8,12,16H,4,6-7,9H2,1-2H3. The minimum absolute atomic E-state index is 0.0412. The highest BCUT2D eigenvalue weighted by molar-refractivity contribution is 6.31. The number of nitrogens with zero attached hydrogens (tertiary/aromatic N) is 1. The molecule has 5 nitrogen and oxygen atoms in total. The van der Waals surface area contributed by atoms with E-state index in [4.69, 9.17) is 25.8 Å². The van der Waals surface area contributed by atoms with Crippen LogP contribution >= 0.6 is 11.6 Å². The third-order valence-corrected chi connectivity index (χ3v) is 3.84. The molecule has 1 saturated heterocycles. The summed E-state index contributed by atoms with van der Waals surface area (Å²) in [5, 5.41) is 4.03. The van der Waals surface area contributed by atoms with Gasteiger partial charge in [0.2, 0.25) is 0 Å². The zero-order chi connectivity index (χ0) is 13.7. The molecular formula is C13H19ClN2O3. The van der Waals surface area contributed by atoms with E-state index in [9.17, 15) is 0 Å². The lowest BCUT2D eigenvalue weighted by Gasteiger charge is -2.41. The van der Waals surface area contributed by atoms with Gasteiger partial charge in [-0.05, 0) is 11.6 Å². The first-order valence-corrected chi connectivity index (χ1v) is 6.59. The minimum Gasteiger partial charge on any atom is -0.379 e. The van der Waals surface area contributed by atoms with Crippen LogP contribution in [0, 0.1) is 0 Å². The fraction of sp³-hybridized carbons (Fsp3) is 0.615. The third kappa shape index (κ3) is 3.24. The van der Waals surface area contributed by atoms with Gasteiger partial charge < -0.3 is 19.5 Å². The van der Waals surface area contributed by atoms with Crippen LogP contribution in [-0.2, 0) is 20.8 Å². The summed E-state index contributed by atoms with van der Waals surface area (Å²) in [5.74, 6) is -0.641. The second kappa shape index (κ2) is 6.63. The summed E-state index contributed by atoms with van der Waals surface area (Å²) < 4.78 is 16.6. The maximum Gasteiger partial charge on any atom is 0.187 e. The molecule has 106 valence electrons. The van der Waals surface area contributed by atoms with Crippen LogP contribution in [0.4, 0.5) is 0 Å². The number of halogens is 1. The van der Waals surface area contributed by atoms with Crippen molar-refractivity contribution >= 4 is 11.6 Å². The van der Waals surface area contributed by atoms with Crippen LogP contribution in [0.5, 0.6) is 0 Å². The number of nitrogens with one attached hydrogen (secondary N) is 1. The number of aromatic nitrogens is 1. The van der Waals surface area contributed by atoms with Crippen LogP contribution in [0.3, 0.4) is 0 Å². The van der Waals surface area contributed by atoms with Crippen LogP contribution in [0.2, 0.25) is 5.02 Å². The number of pyridine rings is 1. The molecule has 1 aliphatic heterocycles. The SMILES string of the molecule is COC1(OC)CCOCC1NCc1ccncc1Cl. The van der Waals surface area contributed by atoms with Crippen molar-refractivity contribution in [2.24, 2.45) is 0 Å². The molecule has 0 bridgehead atoms. The molecule has 1 aliphatic rings. The molecule has 6 heteroatoms. The van der Waals surface area contributed by atoms with Crippen molar-refractivity contribution in [1.82, 2.24) is 10.3 Å². The van der Waals surface area contributed by atoms with E-state index >= 15 is 0 Å². The third-order valence-electron chi connectivity index (χ3n) is 3.50. The van der Waals surface area contributed by atoms with E-state index in [1.54, 1.807) is 26.6 Å². The zero-order valence-electron chi connectivity index (χ0n) is 11.2. The van der Waals surface area contributed by atoms with Gasteiger partial charge in [-0.3, -0.25) is 4.98 Å². The Kier molecular flexibility index (Phi) is 5.13. The summed E-state index contributed by atoms with van der Waals surface area (Å²) in [7, 11) is 3.31. The summed E-state index contributed by atoms with van der Waals surface area (Å²) in [5.41, 5.74) is 0.989. The molecule has 2 heterocycles. The Morgan fingerprint density at radius 2 is 2.32 bits per heavy atom. The van der Waals surface area contributed by atoms with Gasteiger partial charge in [-0.15, -0.1) is 0 Å². The molecule has 0 radical (unpaired) electrons. The average molecular weight is 287 g/mol. The Morgan fingerprint density at radius 1 is 1.53 bits per heavy atom. The van der Waals surface area contributed by atoms with E-state index in [1.165, 1.54) is 0 Å². The number of rotatable bonds is 5. The molecule has 1 aromatic rings. The Morgan fingerprint density at radius 3 is 3.00 bits per heavy atom. The minimum atomic E-state index is -0.641. The van der Waals surface area contributed by atoms with Crippen molar-refractivity contribution in [3.8, 4) is 0 Å². The maximum atomic E-state index is 6.08. The molecule has 1 N–H and O–H groups in total. The number of hydrogen-bond donors (Lipinski definition) is 1. The molecular weight excluding hydrogens is 268 g/mol. The highest BCUT2D eigenvalue weighted by Crippen LogP contribution is 2.26. The van der Waals surface area contributed by atoms with Crippen molar-refractivity contribution in [1.29, 1.82) is 0 Å². The predicted octanol–water partition coefficient (Wildman–Crippen LogP) is 1.60. The van der Waals surface area contributed by atoms with E-state index in [0.717, 1.165) is 5.56 Å². The van der Waals surface area contributed by atoms with Crippen LogP contribution < -0.4 is 5.32 Å². The molecule has 1 aromatic heterocycles. The number of ether oxygens (including phenoxy) is 3. The normalized spacial score (nSPS) is 22.4.